The molecule has 2 atom stereocenters. The van der Waals surface area contributed by atoms with Crippen molar-refractivity contribution in [3.8, 4) is 11.4 Å². The Labute approximate surface area is 147 Å². The van der Waals surface area contributed by atoms with Crippen molar-refractivity contribution >= 4 is 11.1 Å². The minimum atomic E-state index is -4.76. The Balaban J connectivity index is 1.94. The van der Waals surface area contributed by atoms with Crippen LogP contribution in [0.15, 0.2) is 53.1 Å². The summed E-state index contributed by atoms with van der Waals surface area (Å²) in [6, 6.07) is 11.0. The number of alkyl halides is 3. The lowest BCUT2D eigenvalue weighted by molar-refractivity contribution is -0.159. The average molecular weight is 386 g/mol. The van der Waals surface area contributed by atoms with Crippen LogP contribution in [0.3, 0.4) is 0 Å². The van der Waals surface area contributed by atoms with Crippen LogP contribution in [0.25, 0.3) is 11.4 Å². The van der Waals surface area contributed by atoms with Gasteiger partial charge in [-0.15, -0.1) is 0 Å². The summed E-state index contributed by atoms with van der Waals surface area (Å²) in [5, 5.41) is 2.11. The summed E-state index contributed by atoms with van der Waals surface area (Å²) in [7, 11) is 0. The van der Waals surface area contributed by atoms with Crippen LogP contribution in [0.4, 0.5) is 17.6 Å². The van der Waals surface area contributed by atoms with Gasteiger partial charge in [-0.2, -0.15) is 18.2 Å². The number of halogens is 4. The molecule has 0 saturated heterocycles. The van der Waals surface area contributed by atoms with Crippen molar-refractivity contribution in [1.82, 2.24) is 10.1 Å². The van der Waals surface area contributed by atoms with Crippen LogP contribution in [0.5, 0.6) is 0 Å². The average Bonchev–Trinajstić information content (AvgIpc) is 3.07. The Morgan fingerprint density at radius 1 is 1.08 bits per heavy atom. The maximum absolute atomic E-state index is 14.0. The molecule has 3 aromatic rings. The molecule has 5 nitrogen and oxygen atoms in total. The lowest BCUT2D eigenvalue weighted by Crippen LogP contribution is -2.09. The molecule has 2 unspecified atom stereocenters. The Morgan fingerprint density at radius 2 is 1.73 bits per heavy atom. The predicted molar refractivity (Wildman–Crippen MR) is 83.8 cm³/mol. The maximum Gasteiger partial charge on any atom is 0.471 e. The SMILES string of the molecule is O=S(O)C(c1ccc(-c2noc(C(F)(F)F)n2)cc1)c1ccccc1F. The lowest BCUT2D eigenvalue weighted by atomic mass is 10.0. The normalized spacial score (nSPS) is 14.2. The fourth-order valence-electron chi connectivity index (χ4n) is 2.36. The highest BCUT2D eigenvalue weighted by atomic mass is 32.2. The van der Waals surface area contributed by atoms with E-state index < -0.39 is 34.2 Å². The number of nitrogens with zero attached hydrogens (tertiary/aromatic N) is 2. The first-order chi connectivity index (χ1) is 12.3. The van der Waals surface area contributed by atoms with E-state index in [2.05, 4.69) is 14.7 Å². The summed E-state index contributed by atoms with van der Waals surface area (Å²) in [6.45, 7) is 0. The second-order valence-electron chi connectivity index (χ2n) is 5.22. The second-order valence-corrected chi connectivity index (χ2v) is 6.24. The van der Waals surface area contributed by atoms with Gasteiger partial charge >= 0.3 is 12.1 Å². The van der Waals surface area contributed by atoms with Crippen LogP contribution in [0, 0.1) is 5.82 Å². The quantitative estimate of drug-likeness (QED) is 0.537. The van der Waals surface area contributed by atoms with Gasteiger partial charge < -0.3 is 9.08 Å². The van der Waals surface area contributed by atoms with E-state index in [-0.39, 0.29) is 17.0 Å². The van der Waals surface area contributed by atoms with E-state index in [1.165, 1.54) is 48.5 Å². The molecule has 0 fully saturated rings. The molecule has 1 N–H and O–H groups in total. The van der Waals surface area contributed by atoms with Crippen molar-refractivity contribution in [2.45, 2.75) is 11.4 Å². The molecule has 3 rings (SSSR count). The highest BCUT2D eigenvalue weighted by Crippen LogP contribution is 2.32. The summed E-state index contributed by atoms with van der Waals surface area (Å²) in [5.41, 5.74) is 0.545. The van der Waals surface area contributed by atoms with Crippen molar-refractivity contribution in [1.29, 1.82) is 0 Å². The largest absolute Gasteiger partial charge is 0.471 e. The van der Waals surface area contributed by atoms with Crippen LogP contribution in [-0.4, -0.2) is 18.9 Å². The molecular formula is C16H10F4N2O3S. The molecule has 0 amide bonds. The first-order valence-electron chi connectivity index (χ1n) is 7.12. The van der Waals surface area contributed by atoms with Crippen molar-refractivity contribution < 1.29 is 30.8 Å². The number of benzene rings is 2. The number of hydrogen-bond donors (Lipinski definition) is 1. The monoisotopic (exact) mass is 386 g/mol. The van der Waals surface area contributed by atoms with Crippen LogP contribution in [0.1, 0.15) is 22.3 Å². The fraction of sp³-hybridized carbons (Fsp3) is 0.125. The fourth-order valence-corrected chi connectivity index (χ4v) is 3.15. The lowest BCUT2D eigenvalue weighted by Gasteiger charge is -2.15. The van der Waals surface area contributed by atoms with E-state index in [4.69, 9.17) is 0 Å². The molecule has 0 spiro atoms. The summed E-state index contributed by atoms with van der Waals surface area (Å²) >= 11 is -2.41. The second kappa shape index (κ2) is 6.96. The molecule has 136 valence electrons. The minimum absolute atomic E-state index is 0.0278. The summed E-state index contributed by atoms with van der Waals surface area (Å²) in [4.78, 5) is 3.26. The molecule has 1 aromatic heterocycles. The number of rotatable bonds is 4. The van der Waals surface area contributed by atoms with Gasteiger partial charge in [0.2, 0.25) is 5.82 Å². The smallest absolute Gasteiger partial charge is 0.329 e. The van der Waals surface area contributed by atoms with Crippen LogP contribution in [-0.2, 0) is 17.3 Å². The van der Waals surface area contributed by atoms with E-state index in [0.29, 0.717) is 5.56 Å². The van der Waals surface area contributed by atoms with Gasteiger partial charge in [0.05, 0.1) is 0 Å². The third-order valence-electron chi connectivity index (χ3n) is 3.53. The third kappa shape index (κ3) is 3.65. The Morgan fingerprint density at radius 3 is 2.27 bits per heavy atom. The van der Waals surface area contributed by atoms with E-state index in [0.717, 1.165) is 0 Å². The summed E-state index contributed by atoms with van der Waals surface area (Å²) < 4.78 is 76.9. The van der Waals surface area contributed by atoms with Crippen molar-refractivity contribution in [3.63, 3.8) is 0 Å². The zero-order valence-corrected chi connectivity index (χ0v) is 13.6. The van der Waals surface area contributed by atoms with Gasteiger partial charge in [0.15, 0.2) is 11.1 Å². The molecule has 1 heterocycles. The number of hydrogen-bond acceptors (Lipinski definition) is 4. The van der Waals surface area contributed by atoms with E-state index in [9.17, 15) is 26.3 Å². The molecule has 0 aliphatic carbocycles. The molecular weight excluding hydrogens is 376 g/mol. The zero-order chi connectivity index (χ0) is 18.9. The van der Waals surface area contributed by atoms with Gasteiger partial charge in [-0.05, 0) is 11.6 Å². The van der Waals surface area contributed by atoms with Crippen molar-refractivity contribution in [3.05, 3.63) is 71.4 Å². The predicted octanol–water partition coefficient (Wildman–Crippen LogP) is 4.21. The van der Waals surface area contributed by atoms with Gasteiger partial charge in [-0.25, -0.2) is 8.60 Å². The van der Waals surface area contributed by atoms with Crippen molar-refractivity contribution in [2.75, 3.05) is 0 Å². The molecule has 26 heavy (non-hydrogen) atoms. The molecule has 2 aromatic carbocycles. The van der Waals surface area contributed by atoms with Crippen LogP contribution in [0.2, 0.25) is 0 Å². The summed E-state index contributed by atoms with van der Waals surface area (Å²) in [6.07, 6.45) is -4.76. The highest BCUT2D eigenvalue weighted by Gasteiger charge is 2.38. The van der Waals surface area contributed by atoms with Gasteiger partial charge in [-0.3, -0.25) is 0 Å². The zero-order valence-electron chi connectivity index (χ0n) is 12.8. The summed E-state index contributed by atoms with van der Waals surface area (Å²) in [5.74, 6) is -2.40. The van der Waals surface area contributed by atoms with E-state index in [1.807, 2.05) is 0 Å². The maximum atomic E-state index is 14.0. The molecule has 0 bridgehead atoms. The first-order valence-corrected chi connectivity index (χ1v) is 8.29. The molecule has 0 radical (unpaired) electrons. The molecule has 0 saturated carbocycles. The Kier molecular flexibility index (Phi) is 4.88. The Bertz CT molecular complexity index is 941. The molecule has 10 heteroatoms. The topological polar surface area (TPSA) is 76.2 Å². The molecule has 0 aliphatic heterocycles. The van der Waals surface area contributed by atoms with Gasteiger partial charge in [0.25, 0.3) is 0 Å². The highest BCUT2D eigenvalue weighted by molar-refractivity contribution is 7.79. The molecule has 0 aliphatic rings. The first kappa shape index (κ1) is 18.2. The minimum Gasteiger partial charge on any atom is -0.329 e. The van der Waals surface area contributed by atoms with E-state index in [1.54, 1.807) is 0 Å². The van der Waals surface area contributed by atoms with E-state index >= 15 is 0 Å². The van der Waals surface area contributed by atoms with Gasteiger partial charge in [-0.1, -0.05) is 47.6 Å². The van der Waals surface area contributed by atoms with Gasteiger partial charge in [0.1, 0.15) is 11.1 Å². The van der Waals surface area contributed by atoms with Crippen molar-refractivity contribution in [2.24, 2.45) is 0 Å². The number of aromatic nitrogens is 2. The van der Waals surface area contributed by atoms with Crippen LogP contribution < -0.4 is 0 Å². The van der Waals surface area contributed by atoms with Gasteiger partial charge in [0, 0.05) is 11.1 Å². The Hall–Kier alpha value is -2.59. The third-order valence-corrected chi connectivity index (χ3v) is 4.46. The van der Waals surface area contributed by atoms with Crippen LogP contribution >= 0.6 is 0 Å². The standard InChI is InChI=1S/C16H10F4N2O3S/c17-12-4-2-1-3-11(12)13(26(23)24)9-5-7-10(8-6-9)14-21-15(25-22-14)16(18,19)20/h1-8,13H,(H,23,24).